The maximum Gasteiger partial charge on any atom is 0.263 e. The molecule has 2 aliphatic rings. The molecule has 1 aromatic rings. The molecule has 0 bridgehead atoms. The predicted molar refractivity (Wildman–Crippen MR) is 111 cm³/mol. The number of nitrogens with one attached hydrogen (secondary N) is 1. The molecule has 2 heterocycles. The van der Waals surface area contributed by atoms with Crippen molar-refractivity contribution in [1.29, 1.82) is 0 Å². The summed E-state index contributed by atoms with van der Waals surface area (Å²) in [5.41, 5.74) is -0.926. The highest BCUT2D eigenvalue weighted by molar-refractivity contribution is 7.99. The Morgan fingerprint density at radius 1 is 1.26 bits per heavy atom. The molecule has 5 nitrogen and oxygen atoms in total. The lowest BCUT2D eigenvalue weighted by Gasteiger charge is -2.48. The van der Waals surface area contributed by atoms with E-state index in [-0.39, 0.29) is 11.4 Å². The Morgan fingerprint density at radius 3 is 2.52 bits per heavy atom. The molecule has 0 radical (unpaired) electrons. The Balaban J connectivity index is 1.63. The van der Waals surface area contributed by atoms with E-state index in [1.807, 2.05) is 11.8 Å². The van der Waals surface area contributed by atoms with E-state index in [1.165, 1.54) is 0 Å². The largest absolute Gasteiger partial charge is 0.478 e. The predicted octanol–water partition coefficient (Wildman–Crippen LogP) is 3.21. The van der Waals surface area contributed by atoms with Crippen LogP contribution in [0, 0.1) is 0 Å². The molecule has 0 spiro atoms. The van der Waals surface area contributed by atoms with Crippen molar-refractivity contribution in [3.8, 4) is 5.75 Å². The molecular formula is C20H29ClN2O3S. The fraction of sp³-hybridized carbons (Fsp3) is 0.650. The van der Waals surface area contributed by atoms with Crippen LogP contribution in [0.1, 0.15) is 26.7 Å². The van der Waals surface area contributed by atoms with Gasteiger partial charge in [-0.3, -0.25) is 9.69 Å². The van der Waals surface area contributed by atoms with E-state index in [1.54, 1.807) is 38.1 Å². The Kier molecular flexibility index (Phi) is 6.95. The fourth-order valence-corrected chi connectivity index (χ4v) is 5.07. The number of halogens is 1. The van der Waals surface area contributed by atoms with E-state index in [2.05, 4.69) is 10.2 Å². The summed E-state index contributed by atoms with van der Waals surface area (Å²) in [6.07, 6.45) is 2.19. The molecule has 7 heteroatoms. The maximum absolute atomic E-state index is 12.9. The molecule has 27 heavy (non-hydrogen) atoms. The number of carbonyl (C=O) groups excluding carboxylic acids is 1. The van der Waals surface area contributed by atoms with Crippen LogP contribution in [0.3, 0.4) is 0 Å². The summed E-state index contributed by atoms with van der Waals surface area (Å²) >= 11 is 7.92. The van der Waals surface area contributed by atoms with Crippen molar-refractivity contribution in [2.45, 2.75) is 37.8 Å². The van der Waals surface area contributed by atoms with Gasteiger partial charge in [0.15, 0.2) is 5.60 Å². The first-order valence-electron chi connectivity index (χ1n) is 9.55. The second-order valence-electron chi connectivity index (χ2n) is 7.69. The molecule has 1 aromatic carbocycles. The van der Waals surface area contributed by atoms with Gasteiger partial charge in [0.05, 0.1) is 13.2 Å². The van der Waals surface area contributed by atoms with Gasteiger partial charge in [-0.25, -0.2) is 0 Å². The van der Waals surface area contributed by atoms with E-state index in [9.17, 15) is 4.79 Å². The second-order valence-corrected chi connectivity index (χ2v) is 9.35. The first kappa shape index (κ1) is 20.8. The zero-order valence-electron chi connectivity index (χ0n) is 16.1. The van der Waals surface area contributed by atoms with Gasteiger partial charge < -0.3 is 14.8 Å². The van der Waals surface area contributed by atoms with E-state index in [0.717, 1.165) is 50.7 Å². The topological polar surface area (TPSA) is 50.8 Å². The zero-order valence-corrected chi connectivity index (χ0v) is 17.7. The number of ether oxygens (including phenoxy) is 2. The summed E-state index contributed by atoms with van der Waals surface area (Å²) < 4.78 is 11.5. The van der Waals surface area contributed by atoms with Crippen LogP contribution in [-0.2, 0) is 9.53 Å². The Labute approximate surface area is 171 Å². The minimum atomic E-state index is -0.955. The summed E-state index contributed by atoms with van der Waals surface area (Å²) in [7, 11) is 0. The number of rotatable bonds is 6. The molecule has 1 amide bonds. The molecule has 0 atom stereocenters. The van der Waals surface area contributed by atoms with Crippen LogP contribution in [0.15, 0.2) is 24.3 Å². The van der Waals surface area contributed by atoms with Gasteiger partial charge in [-0.2, -0.15) is 11.8 Å². The number of thioether (sulfide) groups is 1. The first-order chi connectivity index (χ1) is 12.9. The number of amides is 1. The highest BCUT2D eigenvalue weighted by Crippen LogP contribution is 2.33. The third-order valence-electron chi connectivity index (χ3n) is 5.42. The minimum Gasteiger partial charge on any atom is -0.478 e. The molecule has 1 N–H and O–H groups in total. The number of hydrogen-bond donors (Lipinski definition) is 1. The van der Waals surface area contributed by atoms with Gasteiger partial charge in [0.1, 0.15) is 5.75 Å². The normalized spacial score (nSPS) is 20.9. The van der Waals surface area contributed by atoms with Crippen molar-refractivity contribution in [2.24, 2.45) is 0 Å². The van der Waals surface area contributed by atoms with Gasteiger partial charge in [-0.15, -0.1) is 0 Å². The average molecular weight is 413 g/mol. The van der Waals surface area contributed by atoms with E-state index in [0.29, 0.717) is 17.3 Å². The highest BCUT2D eigenvalue weighted by Gasteiger charge is 2.40. The molecule has 2 aliphatic heterocycles. The first-order valence-corrected chi connectivity index (χ1v) is 11.1. The number of morpholine rings is 1. The molecule has 2 fully saturated rings. The zero-order chi connectivity index (χ0) is 19.3. The van der Waals surface area contributed by atoms with Crippen LogP contribution in [-0.4, -0.2) is 66.3 Å². The molecule has 0 unspecified atom stereocenters. The minimum absolute atomic E-state index is 0.0288. The van der Waals surface area contributed by atoms with Gasteiger partial charge >= 0.3 is 0 Å². The summed E-state index contributed by atoms with van der Waals surface area (Å²) in [5, 5.41) is 3.83. The van der Waals surface area contributed by atoms with Crippen LogP contribution in [0.5, 0.6) is 5.75 Å². The van der Waals surface area contributed by atoms with Gasteiger partial charge in [0.2, 0.25) is 0 Å². The molecule has 3 rings (SSSR count). The fourth-order valence-electron chi connectivity index (χ4n) is 3.70. The van der Waals surface area contributed by atoms with E-state index < -0.39 is 5.60 Å². The van der Waals surface area contributed by atoms with Crippen molar-refractivity contribution < 1.29 is 14.3 Å². The molecule has 2 saturated heterocycles. The van der Waals surface area contributed by atoms with Gasteiger partial charge in [0, 0.05) is 30.2 Å². The molecule has 150 valence electrons. The summed E-state index contributed by atoms with van der Waals surface area (Å²) in [6, 6.07) is 7.09. The Bertz CT molecular complexity index is 627. The van der Waals surface area contributed by atoms with Crippen molar-refractivity contribution >= 4 is 29.3 Å². The van der Waals surface area contributed by atoms with E-state index in [4.69, 9.17) is 21.1 Å². The summed E-state index contributed by atoms with van der Waals surface area (Å²) in [5.74, 6) is 2.82. The van der Waals surface area contributed by atoms with Gasteiger partial charge in [0.25, 0.3) is 5.91 Å². The van der Waals surface area contributed by atoms with Crippen LogP contribution in [0.2, 0.25) is 5.02 Å². The number of nitrogens with zero attached hydrogens (tertiary/aromatic N) is 1. The lowest BCUT2D eigenvalue weighted by atomic mass is 9.89. The molecule has 0 aromatic heterocycles. The molecular weight excluding hydrogens is 384 g/mol. The van der Waals surface area contributed by atoms with Crippen LogP contribution < -0.4 is 10.1 Å². The Morgan fingerprint density at radius 2 is 1.89 bits per heavy atom. The smallest absolute Gasteiger partial charge is 0.263 e. The number of benzene rings is 1. The van der Waals surface area contributed by atoms with Crippen LogP contribution >= 0.6 is 23.4 Å². The van der Waals surface area contributed by atoms with Crippen molar-refractivity contribution in [2.75, 3.05) is 44.4 Å². The maximum atomic E-state index is 12.9. The Hall–Kier alpha value is -0.950. The lowest BCUT2D eigenvalue weighted by molar-refractivity contribution is -0.135. The van der Waals surface area contributed by atoms with Crippen molar-refractivity contribution in [1.82, 2.24) is 10.2 Å². The third kappa shape index (κ3) is 5.31. The van der Waals surface area contributed by atoms with Gasteiger partial charge in [-0.05, 0) is 62.5 Å². The van der Waals surface area contributed by atoms with Crippen molar-refractivity contribution in [3.05, 3.63) is 29.3 Å². The van der Waals surface area contributed by atoms with Crippen LogP contribution in [0.25, 0.3) is 0 Å². The highest BCUT2D eigenvalue weighted by atomic mass is 35.5. The van der Waals surface area contributed by atoms with Gasteiger partial charge in [-0.1, -0.05) is 11.6 Å². The summed E-state index contributed by atoms with van der Waals surface area (Å²) in [4.78, 5) is 15.4. The average Bonchev–Trinajstić information content (AvgIpc) is 2.69. The van der Waals surface area contributed by atoms with E-state index >= 15 is 0 Å². The SMILES string of the molecule is CC(C)(Oc1ccc(Cl)cc1)C(=O)NCC1(N2CCOCC2)CCSCC1. The third-order valence-corrected chi connectivity index (χ3v) is 6.65. The lowest BCUT2D eigenvalue weighted by Crippen LogP contribution is -2.62. The van der Waals surface area contributed by atoms with Crippen molar-refractivity contribution in [3.63, 3.8) is 0 Å². The quantitative estimate of drug-likeness (QED) is 0.777. The second kappa shape index (κ2) is 9.03. The molecule has 0 saturated carbocycles. The standard InChI is InChI=1S/C20H29ClN2O3S/c1-19(2,26-17-5-3-16(21)4-6-17)18(24)22-15-20(7-13-27-14-8-20)23-9-11-25-12-10-23/h3-6H,7-15H2,1-2H3,(H,22,24). The molecule has 0 aliphatic carbocycles. The number of carbonyl (C=O) groups is 1. The monoisotopic (exact) mass is 412 g/mol. The van der Waals surface area contributed by atoms with Crippen LogP contribution in [0.4, 0.5) is 0 Å². The number of hydrogen-bond acceptors (Lipinski definition) is 5. The summed E-state index contributed by atoms with van der Waals surface area (Å²) in [6.45, 7) is 7.67.